The number of anilines is 1. The standard InChI is InChI=1S/C21H24N2O4/c1-15-6-4-7-16(12-15)27-14-20(24)23-19-10-3-2-9-18(19)21(25)22-13-17-8-5-11-26-17/h2-4,6-7,9-10,12,17H,5,8,11,13-14H2,1H3,(H,22,25)(H,23,24). The topological polar surface area (TPSA) is 76.7 Å². The molecule has 3 rings (SSSR count). The zero-order valence-corrected chi connectivity index (χ0v) is 15.4. The number of aryl methyl sites for hydroxylation is 1. The fourth-order valence-electron chi connectivity index (χ4n) is 2.94. The highest BCUT2D eigenvalue weighted by molar-refractivity contribution is 6.04. The van der Waals surface area contributed by atoms with Crippen molar-refractivity contribution in [1.82, 2.24) is 5.32 Å². The van der Waals surface area contributed by atoms with E-state index in [1.165, 1.54) is 0 Å². The first-order chi connectivity index (χ1) is 13.1. The molecule has 2 N–H and O–H groups in total. The predicted molar refractivity (Wildman–Crippen MR) is 103 cm³/mol. The van der Waals surface area contributed by atoms with Crippen molar-refractivity contribution in [1.29, 1.82) is 0 Å². The maximum Gasteiger partial charge on any atom is 0.262 e. The van der Waals surface area contributed by atoms with Gasteiger partial charge < -0.3 is 20.1 Å². The minimum atomic E-state index is -0.323. The zero-order valence-electron chi connectivity index (χ0n) is 15.4. The van der Waals surface area contributed by atoms with Crippen LogP contribution < -0.4 is 15.4 Å². The van der Waals surface area contributed by atoms with Gasteiger partial charge in [0.25, 0.3) is 11.8 Å². The normalized spacial score (nSPS) is 16.0. The molecular weight excluding hydrogens is 344 g/mol. The van der Waals surface area contributed by atoms with Crippen LogP contribution in [0.1, 0.15) is 28.8 Å². The van der Waals surface area contributed by atoms with Gasteiger partial charge in [-0.3, -0.25) is 9.59 Å². The number of carbonyl (C=O) groups excluding carboxylic acids is 2. The Morgan fingerprint density at radius 2 is 2.04 bits per heavy atom. The number of rotatable bonds is 7. The van der Waals surface area contributed by atoms with Crippen molar-refractivity contribution in [3.8, 4) is 5.75 Å². The van der Waals surface area contributed by atoms with E-state index in [1.54, 1.807) is 30.3 Å². The number of nitrogens with one attached hydrogen (secondary N) is 2. The van der Waals surface area contributed by atoms with Crippen molar-refractivity contribution in [2.45, 2.75) is 25.9 Å². The van der Waals surface area contributed by atoms with Gasteiger partial charge in [-0.2, -0.15) is 0 Å². The highest BCUT2D eigenvalue weighted by Crippen LogP contribution is 2.17. The van der Waals surface area contributed by atoms with Crippen molar-refractivity contribution in [2.24, 2.45) is 0 Å². The second-order valence-corrected chi connectivity index (χ2v) is 6.54. The van der Waals surface area contributed by atoms with E-state index in [1.807, 2.05) is 25.1 Å². The molecule has 6 nitrogen and oxygen atoms in total. The molecule has 1 atom stereocenters. The number of amides is 2. The number of hydrogen-bond acceptors (Lipinski definition) is 4. The highest BCUT2D eigenvalue weighted by Gasteiger charge is 2.18. The van der Waals surface area contributed by atoms with Gasteiger partial charge in [0.1, 0.15) is 5.75 Å². The predicted octanol–water partition coefficient (Wildman–Crippen LogP) is 2.92. The molecule has 1 saturated heterocycles. The lowest BCUT2D eigenvalue weighted by Crippen LogP contribution is -2.32. The number of benzene rings is 2. The molecular formula is C21H24N2O4. The zero-order chi connectivity index (χ0) is 19.1. The van der Waals surface area contributed by atoms with E-state index in [9.17, 15) is 9.59 Å². The monoisotopic (exact) mass is 368 g/mol. The van der Waals surface area contributed by atoms with Crippen LogP contribution in [0, 0.1) is 6.92 Å². The van der Waals surface area contributed by atoms with E-state index < -0.39 is 0 Å². The summed E-state index contributed by atoms with van der Waals surface area (Å²) in [5.41, 5.74) is 1.93. The first kappa shape index (κ1) is 18.9. The van der Waals surface area contributed by atoms with Crippen LogP contribution in [0.15, 0.2) is 48.5 Å². The fourth-order valence-corrected chi connectivity index (χ4v) is 2.94. The summed E-state index contributed by atoms with van der Waals surface area (Å²) in [5, 5.41) is 5.62. The first-order valence-corrected chi connectivity index (χ1v) is 9.10. The van der Waals surface area contributed by atoms with Crippen LogP contribution in [-0.4, -0.2) is 37.7 Å². The Hall–Kier alpha value is -2.86. The molecule has 6 heteroatoms. The molecule has 2 amide bonds. The molecule has 142 valence electrons. The summed E-state index contributed by atoms with van der Waals surface area (Å²) in [6, 6.07) is 14.4. The lowest BCUT2D eigenvalue weighted by molar-refractivity contribution is -0.118. The van der Waals surface area contributed by atoms with Gasteiger partial charge in [0.2, 0.25) is 0 Å². The quantitative estimate of drug-likeness (QED) is 0.788. The van der Waals surface area contributed by atoms with Gasteiger partial charge in [-0.25, -0.2) is 0 Å². The number of para-hydroxylation sites is 1. The van der Waals surface area contributed by atoms with Crippen LogP contribution in [0.2, 0.25) is 0 Å². The number of carbonyl (C=O) groups is 2. The molecule has 1 aliphatic rings. The van der Waals surface area contributed by atoms with E-state index in [0.29, 0.717) is 23.5 Å². The van der Waals surface area contributed by atoms with E-state index in [-0.39, 0.29) is 24.5 Å². The smallest absolute Gasteiger partial charge is 0.262 e. The molecule has 1 aliphatic heterocycles. The van der Waals surface area contributed by atoms with Crippen molar-refractivity contribution < 1.29 is 19.1 Å². The highest BCUT2D eigenvalue weighted by atomic mass is 16.5. The van der Waals surface area contributed by atoms with Gasteiger partial charge in [0.15, 0.2) is 6.61 Å². The van der Waals surface area contributed by atoms with Crippen LogP contribution in [0.3, 0.4) is 0 Å². The minimum Gasteiger partial charge on any atom is -0.484 e. The summed E-state index contributed by atoms with van der Waals surface area (Å²) < 4.78 is 11.0. The first-order valence-electron chi connectivity index (χ1n) is 9.10. The Bertz CT molecular complexity index is 800. The number of ether oxygens (including phenoxy) is 2. The molecule has 2 aromatic rings. The largest absolute Gasteiger partial charge is 0.484 e. The summed E-state index contributed by atoms with van der Waals surface area (Å²) >= 11 is 0. The van der Waals surface area contributed by atoms with Gasteiger partial charge in [-0.05, 0) is 49.6 Å². The summed E-state index contributed by atoms with van der Waals surface area (Å²) in [4.78, 5) is 24.7. The summed E-state index contributed by atoms with van der Waals surface area (Å²) in [6.45, 7) is 3.04. The molecule has 1 unspecified atom stereocenters. The molecule has 1 fully saturated rings. The van der Waals surface area contributed by atoms with Crippen molar-refractivity contribution >= 4 is 17.5 Å². The van der Waals surface area contributed by atoms with Crippen molar-refractivity contribution in [3.63, 3.8) is 0 Å². The van der Waals surface area contributed by atoms with E-state index in [2.05, 4.69) is 10.6 Å². The van der Waals surface area contributed by atoms with Crippen LogP contribution in [-0.2, 0) is 9.53 Å². The van der Waals surface area contributed by atoms with Crippen molar-refractivity contribution in [2.75, 3.05) is 25.1 Å². The van der Waals surface area contributed by atoms with Gasteiger partial charge in [0, 0.05) is 13.2 Å². The molecule has 2 aromatic carbocycles. The van der Waals surface area contributed by atoms with E-state index in [0.717, 1.165) is 25.0 Å². The van der Waals surface area contributed by atoms with Gasteiger partial charge in [-0.1, -0.05) is 24.3 Å². The molecule has 1 heterocycles. The van der Waals surface area contributed by atoms with Gasteiger partial charge >= 0.3 is 0 Å². The van der Waals surface area contributed by atoms with Crippen molar-refractivity contribution in [3.05, 3.63) is 59.7 Å². The molecule has 0 aliphatic carbocycles. The summed E-state index contributed by atoms with van der Waals surface area (Å²) in [5.74, 6) is 0.0737. The maximum atomic E-state index is 12.5. The van der Waals surface area contributed by atoms with E-state index in [4.69, 9.17) is 9.47 Å². The molecule has 0 bridgehead atoms. The minimum absolute atomic E-state index is 0.0680. The number of hydrogen-bond donors (Lipinski definition) is 2. The molecule has 0 radical (unpaired) electrons. The Kier molecular flexibility index (Phi) is 6.44. The van der Waals surface area contributed by atoms with Gasteiger partial charge in [0.05, 0.1) is 17.4 Å². The van der Waals surface area contributed by atoms with Crippen LogP contribution in [0.25, 0.3) is 0 Å². The lowest BCUT2D eigenvalue weighted by atomic mass is 10.1. The SMILES string of the molecule is Cc1cccc(OCC(=O)Nc2ccccc2C(=O)NCC2CCCO2)c1. The average molecular weight is 368 g/mol. The van der Waals surface area contributed by atoms with Crippen LogP contribution in [0.4, 0.5) is 5.69 Å². The molecule has 0 saturated carbocycles. The van der Waals surface area contributed by atoms with Gasteiger partial charge in [-0.15, -0.1) is 0 Å². The summed E-state index contributed by atoms with van der Waals surface area (Å²) in [6.07, 6.45) is 2.04. The molecule has 0 aromatic heterocycles. The third-order valence-corrected chi connectivity index (χ3v) is 4.32. The summed E-state index contributed by atoms with van der Waals surface area (Å²) in [7, 11) is 0. The molecule has 27 heavy (non-hydrogen) atoms. The van der Waals surface area contributed by atoms with E-state index >= 15 is 0 Å². The fraction of sp³-hybridized carbons (Fsp3) is 0.333. The van der Waals surface area contributed by atoms with Crippen LogP contribution in [0.5, 0.6) is 5.75 Å². The average Bonchev–Trinajstić information content (AvgIpc) is 3.19. The third-order valence-electron chi connectivity index (χ3n) is 4.32. The second-order valence-electron chi connectivity index (χ2n) is 6.54. The Labute approximate surface area is 158 Å². The van der Waals surface area contributed by atoms with Crippen LogP contribution >= 0.6 is 0 Å². The third kappa shape index (κ3) is 5.56. The second kappa shape index (κ2) is 9.19. The Morgan fingerprint density at radius 3 is 2.81 bits per heavy atom. The Balaban J connectivity index is 1.56. The Morgan fingerprint density at radius 1 is 1.19 bits per heavy atom. The lowest BCUT2D eigenvalue weighted by Gasteiger charge is -2.14. The molecule has 0 spiro atoms. The maximum absolute atomic E-state index is 12.5.